The van der Waals surface area contributed by atoms with Crippen LogP contribution in [0.4, 0.5) is 19.0 Å². The van der Waals surface area contributed by atoms with E-state index >= 15 is 0 Å². The number of aromatic nitrogens is 2. The predicted octanol–water partition coefficient (Wildman–Crippen LogP) is 4.61. The van der Waals surface area contributed by atoms with Crippen LogP contribution in [0.15, 0.2) is 41.7 Å². The molecule has 0 bridgehead atoms. The van der Waals surface area contributed by atoms with Gasteiger partial charge in [-0.2, -0.15) is 23.5 Å². The van der Waals surface area contributed by atoms with Gasteiger partial charge in [-0.3, -0.25) is 5.10 Å². The Kier molecular flexibility index (Phi) is 7.22. The fraction of sp³-hybridized carbons (Fsp3) is 0.368. The molecule has 3 heterocycles. The molecule has 2 aromatic rings. The Balaban J connectivity index is 0.00000150. The standard InChI is InChI=1S/C19H18F3N5.2ClH/c20-19(21,22)15-4-2-1-3-12(15)16-13(9-23)17(11-5-7-24-8-6-11)26-18-14(16)10-25-27-18;;/h1-4,10-11,16,24H,5-8H2,(H2,25,26,27);2*1H. The lowest BCUT2D eigenvalue weighted by Crippen LogP contribution is -2.32. The highest BCUT2D eigenvalue weighted by Gasteiger charge is 2.40. The monoisotopic (exact) mass is 445 g/mol. The van der Waals surface area contributed by atoms with Gasteiger partial charge in [0.2, 0.25) is 0 Å². The van der Waals surface area contributed by atoms with Gasteiger partial charge in [0.25, 0.3) is 0 Å². The first-order valence-corrected chi connectivity index (χ1v) is 8.82. The number of nitrogens with one attached hydrogen (secondary N) is 3. The summed E-state index contributed by atoms with van der Waals surface area (Å²) >= 11 is 0. The van der Waals surface area contributed by atoms with Crippen molar-refractivity contribution in [3.05, 3.63) is 58.4 Å². The van der Waals surface area contributed by atoms with E-state index in [-0.39, 0.29) is 36.3 Å². The first kappa shape index (κ1) is 23.1. The molecule has 0 saturated carbocycles. The summed E-state index contributed by atoms with van der Waals surface area (Å²) in [4.78, 5) is 0. The van der Waals surface area contributed by atoms with Crippen LogP contribution in [-0.2, 0) is 6.18 Å². The van der Waals surface area contributed by atoms with Gasteiger partial charge < -0.3 is 10.6 Å². The number of hydrogen-bond donors (Lipinski definition) is 3. The number of alkyl halides is 3. The quantitative estimate of drug-likeness (QED) is 0.630. The minimum Gasteiger partial charge on any atom is -0.343 e. The lowest BCUT2D eigenvalue weighted by atomic mass is 9.78. The van der Waals surface area contributed by atoms with E-state index in [2.05, 4.69) is 26.9 Å². The zero-order valence-corrected chi connectivity index (χ0v) is 16.8. The molecule has 1 fully saturated rings. The summed E-state index contributed by atoms with van der Waals surface area (Å²) in [6.45, 7) is 1.63. The van der Waals surface area contributed by atoms with Crippen LogP contribution >= 0.6 is 24.8 Å². The second-order valence-corrected chi connectivity index (χ2v) is 6.81. The van der Waals surface area contributed by atoms with Crippen LogP contribution in [0.5, 0.6) is 0 Å². The van der Waals surface area contributed by atoms with Gasteiger partial charge in [-0.1, -0.05) is 18.2 Å². The molecule has 4 rings (SSSR count). The Bertz CT molecular complexity index is 926. The first-order chi connectivity index (χ1) is 13.0. The summed E-state index contributed by atoms with van der Waals surface area (Å²) in [5, 5.41) is 23.2. The molecule has 2 aliphatic heterocycles. The minimum absolute atomic E-state index is 0. The van der Waals surface area contributed by atoms with Crippen LogP contribution < -0.4 is 10.6 Å². The SMILES string of the molecule is Cl.Cl.N#CC1=C(C2CCNCC2)Nc2[nH]ncc2C1c1ccccc1C(F)(F)F. The number of aromatic amines is 1. The number of benzene rings is 1. The van der Waals surface area contributed by atoms with Crippen LogP contribution in [0.3, 0.4) is 0 Å². The maximum Gasteiger partial charge on any atom is 0.416 e. The van der Waals surface area contributed by atoms with E-state index in [9.17, 15) is 18.4 Å². The second kappa shape index (κ2) is 9.08. The molecule has 156 valence electrons. The van der Waals surface area contributed by atoms with E-state index in [0.717, 1.165) is 32.0 Å². The number of nitriles is 1. The highest BCUT2D eigenvalue weighted by Crippen LogP contribution is 2.46. The average molecular weight is 446 g/mol. The Morgan fingerprint density at radius 3 is 2.41 bits per heavy atom. The molecule has 5 nitrogen and oxygen atoms in total. The Labute approximate surface area is 178 Å². The molecular formula is C19H20Cl2F3N5. The zero-order valence-electron chi connectivity index (χ0n) is 15.2. The van der Waals surface area contributed by atoms with Gasteiger partial charge in [0.1, 0.15) is 5.82 Å². The number of hydrogen-bond acceptors (Lipinski definition) is 4. The van der Waals surface area contributed by atoms with E-state index in [1.54, 1.807) is 6.07 Å². The number of halogens is 5. The number of fused-ring (bicyclic) bond motifs is 1. The number of H-pyrrole nitrogens is 1. The summed E-state index contributed by atoms with van der Waals surface area (Å²) in [5.74, 6) is -0.143. The van der Waals surface area contributed by atoms with Gasteiger partial charge in [-0.25, -0.2) is 0 Å². The third-order valence-electron chi connectivity index (χ3n) is 5.26. The van der Waals surface area contributed by atoms with E-state index in [1.807, 2.05) is 0 Å². The summed E-state index contributed by atoms with van der Waals surface area (Å²) in [6.07, 6.45) is -1.35. The highest BCUT2D eigenvalue weighted by atomic mass is 35.5. The van der Waals surface area contributed by atoms with E-state index in [0.29, 0.717) is 22.7 Å². The fourth-order valence-corrected chi connectivity index (χ4v) is 4.01. The summed E-state index contributed by atoms with van der Waals surface area (Å²) in [7, 11) is 0. The molecule has 0 radical (unpaired) electrons. The Morgan fingerprint density at radius 2 is 1.76 bits per heavy atom. The van der Waals surface area contributed by atoms with E-state index in [1.165, 1.54) is 18.3 Å². The van der Waals surface area contributed by atoms with Crippen molar-refractivity contribution < 1.29 is 13.2 Å². The molecule has 1 atom stereocenters. The van der Waals surface area contributed by atoms with E-state index in [4.69, 9.17) is 0 Å². The van der Waals surface area contributed by atoms with Crippen molar-refractivity contribution in [2.75, 3.05) is 18.4 Å². The van der Waals surface area contributed by atoms with Crippen molar-refractivity contribution in [1.29, 1.82) is 5.26 Å². The van der Waals surface area contributed by atoms with Crippen LogP contribution in [-0.4, -0.2) is 23.3 Å². The van der Waals surface area contributed by atoms with Crippen LogP contribution in [0, 0.1) is 17.2 Å². The fourth-order valence-electron chi connectivity index (χ4n) is 4.01. The van der Waals surface area contributed by atoms with Crippen molar-refractivity contribution in [1.82, 2.24) is 15.5 Å². The summed E-state index contributed by atoms with van der Waals surface area (Å²) in [5.41, 5.74) is 0.963. The predicted molar refractivity (Wildman–Crippen MR) is 108 cm³/mol. The zero-order chi connectivity index (χ0) is 19.0. The molecule has 1 aromatic carbocycles. The topological polar surface area (TPSA) is 76.5 Å². The third kappa shape index (κ3) is 4.22. The van der Waals surface area contributed by atoms with Gasteiger partial charge in [0, 0.05) is 17.2 Å². The van der Waals surface area contributed by atoms with Gasteiger partial charge >= 0.3 is 6.18 Å². The number of nitrogens with zero attached hydrogens (tertiary/aromatic N) is 2. The molecular weight excluding hydrogens is 426 g/mol. The van der Waals surface area contributed by atoms with Crippen molar-refractivity contribution in [2.24, 2.45) is 5.92 Å². The van der Waals surface area contributed by atoms with Gasteiger partial charge in [-0.15, -0.1) is 24.8 Å². The maximum atomic E-state index is 13.6. The minimum atomic E-state index is -4.50. The molecule has 1 aromatic heterocycles. The molecule has 10 heteroatoms. The van der Waals surface area contributed by atoms with Crippen molar-refractivity contribution in [2.45, 2.75) is 24.9 Å². The first-order valence-electron chi connectivity index (χ1n) is 8.82. The van der Waals surface area contributed by atoms with Crippen LogP contribution in [0.25, 0.3) is 0 Å². The van der Waals surface area contributed by atoms with Crippen molar-refractivity contribution in [3.8, 4) is 6.07 Å². The molecule has 1 unspecified atom stereocenters. The summed E-state index contributed by atoms with van der Waals surface area (Å²) < 4.78 is 40.9. The second-order valence-electron chi connectivity index (χ2n) is 6.81. The van der Waals surface area contributed by atoms with Gasteiger partial charge in [-0.05, 0) is 37.6 Å². The number of piperidine rings is 1. The highest BCUT2D eigenvalue weighted by molar-refractivity contribution is 5.85. The lowest BCUT2D eigenvalue weighted by molar-refractivity contribution is -0.138. The van der Waals surface area contributed by atoms with Crippen molar-refractivity contribution in [3.63, 3.8) is 0 Å². The largest absolute Gasteiger partial charge is 0.416 e. The van der Waals surface area contributed by atoms with Gasteiger partial charge in [0.05, 0.1) is 29.3 Å². The lowest BCUT2D eigenvalue weighted by Gasteiger charge is -2.33. The number of allylic oxidation sites excluding steroid dienone is 2. The maximum absolute atomic E-state index is 13.6. The summed E-state index contributed by atoms with van der Waals surface area (Å²) in [6, 6.07) is 7.66. The van der Waals surface area contributed by atoms with E-state index < -0.39 is 17.7 Å². The number of anilines is 1. The third-order valence-corrected chi connectivity index (χ3v) is 5.26. The Hall–Kier alpha value is -2.21. The molecule has 0 aliphatic carbocycles. The van der Waals surface area contributed by atoms with Crippen molar-refractivity contribution >= 4 is 30.6 Å². The van der Waals surface area contributed by atoms with Crippen LogP contribution in [0.2, 0.25) is 0 Å². The van der Waals surface area contributed by atoms with Crippen LogP contribution in [0.1, 0.15) is 35.4 Å². The smallest absolute Gasteiger partial charge is 0.343 e. The average Bonchev–Trinajstić information content (AvgIpc) is 3.14. The number of rotatable bonds is 2. The normalized spacial score (nSPS) is 19.3. The molecule has 29 heavy (non-hydrogen) atoms. The molecule has 0 amide bonds. The molecule has 1 saturated heterocycles. The Morgan fingerprint density at radius 1 is 1.07 bits per heavy atom. The molecule has 2 aliphatic rings. The molecule has 3 N–H and O–H groups in total. The van der Waals surface area contributed by atoms with Gasteiger partial charge in [0.15, 0.2) is 0 Å². The molecule has 0 spiro atoms.